The van der Waals surface area contributed by atoms with E-state index in [4.69, 9.17) is 4.74 Å². The fourth-order valence-corrected chi connectivity index (χ4v) is 2.08. The highest BCUT2D eigenvalue weighted by Crippen LogP contribution is 2.30. The van der Waals surface area contributed by atoms with Crippen LogP contribution < -0.4 is 4.74 Å². The molecule has 0 saturated heterocycles. The Kier molecular flexibility index (Phi) is 2.18. The number of fused-ring (bicyclic) bond motifs is 3. The summed E-state index contributed by atoms with van der Waals surface area (Å²) < 4.78 is 5.37. The topological polar surface area (TPSA) is 35.0 Å². The van der Waals surface area contributed by atoms with Crippen LogP contribution in [0.25, 0.3) is 21.8 Å². The highest BCUT2D eigenvalue weighted by atomic mass is 16.5. The van der Waals surface area contributed by atoms with E-state index >= 15 is 0 Å². The molecule has 3 rings (SSSR count). The molecule has 0 amide bonds. The van der Waals surface area contributed by atoms with Crippen molar-refractivity contribution < 1.29 is 4.74 Å². The first-order valence-corrected chi connectivity index (χ1v) is 5.48. The van der Waals surface area contributed by atoms with Gasteiger partial charge in [0.25, 0.3) is 0 Å². The number of ether oxygens (including phenoxy) is 1. The Morgan fingerprint density at radius 1 is 1.12 bits per heavy atom. The van der Waals surface area contributed by atoms with Gasteiger partial charge in [-0.15, -0.1) is 0 Å². The summed E-state index contributed by atoms with van der Waals surface area (Å²) in [5, 5.41) is 2.19. The molecule has 0 spiro atoms. The zero-order valence-corrected chi connectivity index (χ0v) is 9.77. The van der Waals surface area contributed by atoms with Crippen molar-refractivity contribution >= 4 is 21.8 Å². The van der Waals surface area contributed by atoms with Gasteiger partial charge < -0.3 is 4.74 Å². The predicted molar refractivity (Wildman–Crippen MR) is 68.3 cm³/mol. The Hall–Kier alpha value is -2.16. The normalized spacial score (nSPS) is 10.9. The van der Waals surface area contributed by atoms with E-state index in [2.05, 4.69) is 16.0 Å². The number of aryl methyl sites for hydroxylation is 1. The predicted octanol–water partition coefficient (Wildman–Crippen LogP) is 3.10. The van der Waals surface area contributed by atoms with Crippen molar-refractivity contribution in [2.75, 3.05) is 7.11 Å². The van der Waals surface area contributed by atoms with Gasteiger partial charge in [-0.05, 0) is 19.1 Å². The van der Waals surface area contributed by atoms with Crippen LogP contribution in [-0.4, -0.2) is 17.1 Å². The van der Waals surface area contributed by atoms with E-state index in [1.807, 2.05) is 31.2 Å². The van der Waals surface area contributed by atoms with Gasteiger partial charge >= 0.3 is 0 Å². The average molecular weight is 224 g/mol. The average Bonchev–Trinajstić information content (AvgIpc) is 2.37. The molecule has 0 bridgehead atoms. The molecule has 0 N–H and O–H groups in total. The van der Waals surface area contributed by atoms with Crippen LogP contribution in [-0.2, 0) is 0 Å². The van der Waals surface area contributed by atoms with E-state index in [0.29, 0.717) is 0 Å². The second-order valence-electron chi connectivity index (χ2n) is 4.00. The monoisotopic (exact) mass is 224 g/mol. The number of pyridine rings is 2. The number of hydrogen-bond acceptors (Lipinski definition) is 3. The van der Waals surface area contributed by atoms with Crippen LogP contribution >= 0.6 is 0 Å². The van der Waals surface area contributed by atoms with Gasteiger partial charge in [0.05, 0.1) is 12.6 Å². The fourth-order valence-electron chi connectivity index (χ4n) is 2.08. The first kappa shape index (κ1) is 10.0. The quantitative estimate of drug-likeness (QED) is 0.596. The van der Waals surface area contributed by atoms with Gasteiger partial charge in [0.15, 0.2) is 0 Å². The van der Waals surface area contributed by atoms with Gasteiger partial charge in [-0.1, -0.05) is 12.1 Å². The summed E-state index contributed by atoms with van der Waals surface area (Å²) in [5.74, 6) is 0.770. The third-order valence-corrected chi connectivity index (χ3v) is 2.88. The lowest BCUT2D eigenvalue weighted by atomic mass is 10.1. The molecule has 2 aromatic heterocycles. The smallest absolute Gasteiger partial charge is 0.147 e. The summed E-state index contributed by atoms with van der Waals surface area (Å²) in [5.41, 5.74) is 2.83. The fraction of sp³-hybridized carbons (Fsp3) is 0.143. The van der Waals surface area contributed by atoms with Gasteiger partial charge in [-0.2, -0.15) is 0 Å². The lowest BCUT2D eigenvalue weighted by Gasteiger charge is -2.08. The first-order valence-electron chi connectivity index (χ1n) is 5.48. The molecule has 84 valence electrons. The molecular weight excluding hydrogens is 212 g/mol. The van der Waals surface area contributed by atoms with Crippen LogP contribution in [0.2, 0.25) is 0 Å². The molecule has 2 heterocycles. The molecule has 0 fully saturated rings. The maximum atomic E-state index is 5.37. The van der Waals surface area contributed by atoms with Crippen LogP contribution in [0.1, 0.15) is 5.69 Å². The standard InChI is InChI=1S/C14H12N2O/c1-9-5-6-10-11-4-3-7-15-14(11)13(17-2)8-12(10)16-9/h3-8H,1-2H3. The second kappa shape index (κ2) is 3.70. The minimum Gasteiger partial charge on any atom is -0.494 e. The number of rotatable bonds is 1. The molecule has 0 aliphatic carbocycles. The van der Waals surface area contributed by atoms with Gasteiger partial charge in [0.1, 0.15) is 11.3 Å². The van der Waals surface area contributed by atoms with Crippen molar-refractivity contribution in [2.24, 2.45) is 0 Å². The first-order chi connectivity index (χ1) is 8.29. The van der Waals surface area contributed by atoms with Crippen LogP contribution in [0, 0.1) is 6.92 Å². The maximum Gasteiger partial charge on any atom is 0.147 e. The van der Waals surface area contributed by atoms with Crippen LogP contribution in [0.5, 0.6) is 5.75 Å². The minimum absolute atomic E-state index is 0.770. The number of aromatic nitrogens is 2. The number of hydrogen-bond donors (Lipinski definition) is 0. The summed E-state index contributed by atoms with van der Waals surface area (Å²) in [6.07, 6.45) is 1.78. The van der Waals surface area contributed by atoms with E-state index in [9.17, 15) is 0 Å². The highest BCUT2D eigenvalue weighted by Gasteiger charge is 2.08. The molecule has 0 unspecified atom stereocenters. The van der Waals surface area contributed by atoms with E-state index in [-0.39, 0.29) is 0 Å². The lowest BCUT2D eigenvalue weighted by molar-refractivity contribution is 0.419. The van der Waals surface area contributed by atoms with Gasteiger partial charge in [-0.3, -0.25) is 9.97 Å². The molecule has 3 heteroatoms. The molecule has 3 aromatic rings. The van der Waals surface area contributed by atoms with Crippen LogP contribution in [0.15, 0.2) is 36.5 Å². The van der Waals surface area contributed by atoms with E-state index < -0.39 is 0 Å². The maximum absolute atomic E-state index is 5.37. The summed E-state index contributed by atoms with van der Waals surface area (Å²) in [4.78, 5) is 8.90. The van der Waals surface area contributed by atoms with Gasteiger partial charge in [0, 0.05) is 28.7 Å². The number of methoxy groups -OCH3 is 1. The van der Waals surface area contributed by atoms with Crippen LogP contribution in [0.4, 0.5) is 0 Å². The zero-order valence-electron chi connectivity index (χ0n) is 9.77. The Balaban J connectivity index is 2.54. The molecule has 17 heavy (non-hydrogen) atoms. The number of benzene rings is 1. The molecule has 0 saturated carbocycles. The molecule has 0 aliphatic rings. The lowest BCUT2D eigenvalue weighted by Crippen LogP contribution is -1.91. The summed E-state index contributed by atoms with van der Waals surface area (Å²) >= 11 is 0. The largest absolute Gasteiger partial charge is 0.494 e. The SMILES string of the molecule is COc1cc2nc(C)ccc2c2cccnc12. The minimum atomic E-state index is 0.770. The second-order valence-corrected chi connectivity index (χ2v) is 4.00. The zero-order chi connectivity index (χ0) is 11.8. The molecular formula is C14H12N2O. The molecule has 0 atom stereocenters. The Morgan fingerprint density at radius 2 is 2.00 bits per heavy atom. The van der Waals surface area contributed by atoms with E-state index in [0.717, 1.165) is 33.2 Å². The van der Waals surface area contributed by atoms with E-state index in [1.165, 1.54) is 0 Å². The Morgan fingerprint density at radius 3 is 2.82 bits per heavy atom. The van der Waals surface area contributed by atoms with Gasteiger partial charge in [0.2, 0.25) is 0 Å². The molecule has 3 nitrogen and oxygen atoms in total. The summed E-state index contributed by atoms with van der Waals surface area (Å²) in [7, 11) is 1.66. The highest BCUT2D eigenvalue weighted by molar-refractivity contribution is 6.07. The molecule has 0 radical (unpaired) electrons. The van der Waals surface area contributed by atoms with Crippen LogP contribution in [0.3, 0.4) is 0 Å². The third-order valence-electron chi connectivity index (χ3n) is 2.88. The van der Waals surface area contributed by atoms with Gasteiger partial charge in [-0.25, -0.2) is 0 Å². The Bertz CT molecular complexity index is 707. The van der Waals surface area contributed by atoms with E-state index in [1.54, 1.807) is 13.3 Å². The third kappa shape index (κ3) is 1.51. The Labute approximate surface area is 99.1 Å². The van der Waals surface area contributed by atoms with Crippen molar-refractivity contribution in [3.8, 4) is 5.75 Å². The van der Waals surface area contributed by atoms with Crippen molar-refractivity contribution in [2.45, 2.75) is 6.92 Å². The summed E-state index contributed by atoms with van der Waals surface area (Å²) in [6, 6.07) is 10.0. The number of nitrogens with zero attached hydrogens (tertiary/aromatic N) is 2. The van der Waals surface area contributed by atoms with Crippen molar-refractivity contribution in [3.05, 3.63) is 42.2 Å². The van der Waals surface area contributed by atoms with Crippen molar-refractivity contribution in [1.29, 1.82) is 0 Å². The molecule has 0 aliphatic heterocycles. The molecule has 1 aromatic carbocycles. The van der Waals surface area contributed by atoms with Crippen molar-refractivity contribution in [1.82, 2.24) is 9.97 Å². The summed E-state index contributed by atoms with van der Waals surface area (Å²) in [6.45, 7) is 1.99. The van der Waals surface area contributed by atoms with Crippen molar-refractivity contribution in [3.63, 3.8) is 0 Å².